The molecule has 4 aromatic rings. The zero-order valence-corrected chi connectivity index (χ0v) is 16.1. The Bertz CT molecular complexity index is 1070. The maximum absolute atomic E-state index is 4.80. The number of pyridine rings is 1. The van der Waals surface area contributed by atoms with Crippen LogP contribution in [0.3, 0.4) is 0 Å². The van der Waals surface area contributed by atoms with E-state index in [1.165, 1.54) is 12.8 Å². The lowest BCUT2D eigenvalue weighted by molar-refractivity contribution is 0.936. The maximum atomic E-state index is 4.80. The Kier molecular flexibility index (Phi) is 5.12. The van der Waals surface area contributed by atoms with Gasteiger partial charge in [-0.25, -0.2) is 14.5 Å². The molecule has 1 aliphatic rings. The fourth-order valence-electron chi connectivity index (χ4n) is 3.51. The molecule has 4 heterocycles. The number of benzene rings is 1. The molecule has 0 radical (unpaired) electrons. The summed E-state index contributed by atoms with van der Waals surface area (Å²) in [5, 5.41) is 8.12. The van der Waals surface area contributed by atoms with Gasteiger partial charge in [-0.2, -0.15) is 5.10 Å². The van der Waals surface area contributed by atoms with Crippen LogP contribution in [0.4, 0.5) is 17.3 Å². The molecule has 1 aromatic carbocycles. The topological polar surface area (TPSA) is 58.3 Å². The van der Waals surface area contributed by atoms with E-state index in [0.717, 1.165) is 47.3 Å². The van der Waals surface area contributed by atoms with E-state index in [4.69, 9.17) is 4.98 Å². The molecule has 0 bridgehead atoms. The SMILES string of the molecule is Cl.c1ccc(-c2cc(Nc3cccc(N4CCCC4)n3)c3nccn3n2)cc1. The molecule has 3 aromatic heterocycles. The summed E-state index contributed by atoms with van der Waals surface area (Å²) >= 11 is 0. The van der Waals surface area contributed by atoms with Crippen LogP contribution in [0.1, 0.15) is 12.8 Å². The summed E-state index contributed by atoms with van der Waals surface area (Å²) in [5.74, 6) is 1.84. The van der Waals surface area contributed by atoms with Crippen LogP contribution in [0.15, 0.2) is 67.0 Å². The van der Waals surface area contributed by atoms with Crippen LogP contribution in [0, 0.1) is 0 Å². The Morgan fingerprint density at radius 2 is 1.75 bits per heavy atom. The van der Waals surface area contributed by atoms with Crippen LogP contribution in [-0.4, -0.2) is 32.7 Å². The molecule has 1 aliphatic heterocycles. The van der Waals surface area contributed by atoms with Gasteiger partial charge in [-0.15, -0.1) is 12.4 Å². The first-order valence-electron chi connectivity index (χ1n) is 9.26. The predicted octanol–water partition coefficient (Wildman–Crippen LogP) is 4.56. The molecule has 28 heavy (non-hydrogen) atoms. The molecule has 5 rings (SSSR count). The molecular weight excluding hydrogens is 372 g/mol. The van der Waals surface area contributed by atoms with E-state index in [0.29, 0.717) is 0 Å². The van der Waals surface area contributed by atoms with E-state index < -0.39 is 0 Å². The zero-order chi connectivity index (χ0) is 18.1. The number of nitrogens with zero attached hydrogens (tertiary/aromatic N) is 5. The average molecular weight is 393 g/mol. The number of fused-ring (bicyclic) bond motifs is 1. The summed E-state index contributed by atoms with van der Waals surface area (Å²) in [4.78, 5) is 11.6. The minimum absolute atomic E-state index is 0. The largest absolute Gasteiger partial charge is 0.357 e. The first-order valence-corrected chi connectivity index (χ1v) is 9.26. The molecular formula is C21H21ClN6. The lowest BCUT2D eigenvalue weighted by Gasteiger charge is -2.17. The number of rotatable bonds is 4. The van der Waals surface area contributed by atoms with Crippen LogP contribution in [0.2, 0.25) is 0 Å². The lowest BCUT2D eigenvalue weighted by atomic mass is 10.1. The molecule has 0 atom stereocenters. The third kappa shape index (κ3) is 3.51. The molecule has 0 aliphatic carbocycles. The summed E-state index contributed by atoms with van der Waals surface area (Å²) in [7, 11) is 0. The van der Waals surface area contributed by atoms with Crippen LogP contribution in [0.5, 0.6) is 0 Å². The number of aromatic nitrogens is 4. The van der Waals surface area contributed by atoms with Crippen molar-refractivity contribution in [1.29, 1.82) is 0 Å². The van der Waals surface area contributed by atoms with Gasteiger partial charge in [0.05, 0.1) is 11.4 Å². The van der Waals surface area contributed by atoms with Crippen LogP contribution >= 0.6 is 12.4 Å². The quantitative estimate of drug-likeness (QED) is 0.551. The number of halogens is 1. The van der Waals surface area contributed by atoms with Crippen molar-refractivity contribution in [3.05, 3.63) is 67.0 Å². The minimum Gasteiger partial charge on any atom is -0.357 e. The van der Waals surface area contributed by atoms with Gasteiger partial charge in [-0.3, -0.25) is 0 Å². The molecule has 6 nitrogen and oxygen atoms in total. The molecule has 0 saturated carbocycles. The van der Waals surface area contributed by atoms with Crippen molar-refractivity contribution in [1.82, 2.24) is 19.6 Å². The first kappa shape index (κ1) is 18.3. The van der Waals surface area contributed by atoms with E-state index in [1.54, 1.807) is 10.7 Å². The van der Waals surface area contributed by atoms with Gasteiger partial charge < -0.3 is 10.2 Å². The Hall–Kier alpha value is -3.12. The van der Waals surface area contributed by atoms with Crippen LogP contribution < -0.4 is 10.2 Å². The second-order valence-electron chi connectivity index (χ2n) is 6.70. The summed E-state index contributed by atoms with van der Waals surface area (Å²) in [6, 6.07) is 18.3. The molecule has 142 valence electrons. The second kappa shape index (κ2) is 7.86. The third-order valence-electron chi connectivity index (χ3n) is 4.86. The van der Waals surface area contributed by atoms with E-state index in [-0.39, 0.29) is 12.4 Å². The van der Waals surface area contributed by atoms with Gasteiger partial charge in [0.25, 0.3) is 0 Å². The highest BCUT2D eigenvalue weighted by Gasteiger charge is 2.14. The maximum Gasteiger partial charge on any atom is 0.177 e. The van der Waals surface area contributed by atoms with Crippen molar-refractivity contribution in [2.45, 2.75) is 12.8 Å². The molecule has 0 spiro atoms. The summed E-state index contributed by atoms with van der Waals surface area (Å²) in [6.45, 7) is 2.16. The summed E-state index contributed by atoms with van der Waals surface area (Å²) in [6.07, 6.45) is 6.09. The van der Waals surface area contributed by atoms with Gasteiger partial charge in [0.15, 0.2) is 5.65 Å². The van der Waals surface area contributed by atoms with Crippen molar-refractivity contribution in [3.8, 4) is 11.3 Å². The average Bonchev–Trinajstić information content (AvgIpc) is 3.41. The van der Waals surface area contributed by atoms with Gasteiger partial charge in [-0.1, -0.05) is 36.4 Å². The van der Waals surface area contributed by atoms with Crippen LogP contribution in [0.25, 0.3) is 16.9 Å². The fourth-order valence-corrected chi connectivity index (χ4v) is 3.51. The van der Waals surface area contributed by atoms with Gasteiger partial charge >= 0.3 is 0 Å². The van der Waals surface area contributed by atoms with Gasteiger partial charge in [-0.05, 0) is 31.0 Å². The minimum atomic E-state index is 0. The van der Waals surface area contributed by atoms with E-state index in [2.05, 4.69) is 38.5 Å². The number of nitrogens with one attached hydrogen (secondary N) is 1. The Morgan fingerprint density at radius 3 is 2.57 bits per heavy atom. The monoisotopic (exact) mass is 392 g/mol. The molecule has 1 saturated heterocycles. The van der Waals surface area contributed by atoms with Crippen molar-refractivity contribution < 1.29 is 0 Å². The number of hydrogen-bond donors (Lipinski definition) is 1. The second-order valence-corrected chi connectivity index (χ2v) is 6.70. The number of hydrogen-bond acceptors (Lipinski definition) is 5. The van der Waals surface area contributed by atoms with Crippen molar-refractivity contribution in [3.63, 3.8) is 0 Å². The van der Waals surface area contributed by atoms with E-state index >= 15 is 0 Å². The highest BCUT2D eigenvalue weighted by molar-refractivity contribution is 5.85. The fraction of sp³-hybridized carbons (Fsp3) is 0.190. The molecule has 7 heteroatoms. The first-order chi connectivity index (χ1) is 13.4. The summed E-state index contributed by atoms with van der Waals surface area (Å²) in [5.41, 5.74) is 3.62. The molecule has 0 amide bonds. The van der Waals surface area contributed by atoms with Gasteiger partial charge in [0, 0.05) is 31.0 Å². The standard InChI is InChI=1S/C21H20N6.ClH/c1-2-7-16(8-3-1)17-15-18(21-22-11-14-27(21)25-17)23-19-9-6-10-20(24-19)26-12-4-5-13-26;/h1-3,6-11,14-15H,4-5,12-13H2,(H,23,24);1H. The summed E-state index contributed by atoms with van der Waals surface area (Å²) < 4.78 is 1.80. The zero-order valence-electron chi connectivity index (χ0n) is 15.3. The van der Waals surface area contributed by atoms with Crippen molar-refractivity contribution in [2.24, 2.45) is 0 Å². The normalized spacial score (nSPS) is 13.5. The van der Waals surface area contributed by atoms with E-state index in [9.17, 15) is 0 Å². The van der Waals surface area contributed by atoms with Crippen molar-refractivity contribution >= 4 is 35.4 Å². The predicted molar refractivity (Wildman–Crippen MR) is 115 cm³/mol. The number of imidazole rings is 1. The molecule has 1 N–H and O–H groups in total. The number of anilines is 3. The van der Waals surface area contributed by atoms with Crippen molar-refractivity contribution in [2.75, 3.05) is 23.3 Å². The molecule has 1 fully saturated rings. The Balaban J connectivity index is 0.00000192. The highest BCUT2D eigenvalue weighted by Crippen LogP contribution is 2.27. The molecule has 0 unspecified atom stereocenters. The van der Waals surface area contributed by atoms with Gasteiger partial charge in [0.2, 0.25) is 0 Å². The van der Waals surface area contributed by atoms with Gasteiger partial charge in [0.1, 0.15) is 11.6 Å². The lowest BCUT2D eigenvalue weighted by Crippen LogP contribution is -2.19. The van der Waals surface area contributed by atoms with E-state index in [1.807, 2.05) is 42.6 Å². The Labute approximate surface area is 169 Å². The smallest absolute Gasteiger partial charge is 0.177 e. The Morgan fingerprint density at radius 1 is 0.929 bits per heavy atom. The third-order valence-corrected chi connectivity index (χ3v) is 4.86. The van der Waals surface area contributed by atoms with Crippen LogP contribution in [-0.2, 0) is 0 Å². The highest BCUT2D eigenvalue weighted by atomic mass is 35.5.